The van der Waals surface area contributed by atoms with Crippen molar-refractivity contribution in [3.05, 3.63) is 88.6 Å². The molecule has 3 aliphatic rings. The Morgan fingerprint density at radius 1 is 1.12 bits per heavy atom. The summed E-state index contributed by atoms with van der Waals surface area (Å²) in [5.41, 5.74) is 4.19. The van der Waals surface area contributed by atoms with Gasteiger partial charge in [0.15, 0.2) is 6.29 Å². The zero-order valence-corrected chi connectivity index (χ0v) is 24.6. The van der Waals surface area contributed by atoms with Gasteiger partial charge < -0.3 is 34.5 Å². The summed E-state index contributed by atoms with van der Waals surface area (Å²) in [5, 5.41) is 6.33. The molecule has 2 aliphatic heterocycles. The van der Waals surface area contributed by atoms with Crippen LogP contribution in [0.3, 0.4) is 0 Å². The maximum Gasteiger partial charge on any atom is 0.237 e. The van der Waals surface area contributed by atoms with Crippen molar-refractivity contribution in [3.63, 3.8) is 0 Å². The molecule has 10 nitrogen and oxygen atoms in total. The van der Waals surface area contributed by atoms with Gasteiger partial charge in [0.1, 0.15) is 18.1 Å². The van der Waals surface area contributed by atoms with Crippen LogP contribution in [-0.4, -0.2) is 68.0 Å². The normalized spacial score (nSPS) is 20.2. The van der Waals surface area contributed by atoms with Crippen LogP contribution < -0.4 is 10.6 Å². The van der Waals surface area contributed by atoms with E-state index in [4.69, 9.17) is 14.2 Å². The number of aromatic nitrogens is 1. The van der Waals surface area contributed by atoms with Crippen molar-refractivity contribution in [3.8, 4) is 0 Å². The van der Waals surface area contributed by atoms with Gasteiger partial charge in [0.2, 0.25) is 11.8 Å². The van der Waals surface area contributed by atoms with Gasteiger partial charge in [0.25, 0.3) is 0 Å². The molecule has 2 N–H and O–H groups in total. The van der Waals surface area contributed by atoms with Crippen LogP contribution in [0.5, 0.6) is 0 Å². The number of amides is 2. The highest BCUT2D eigenvalue weighted by Crippen LogP contribution is 2.47. The number of carbonyl (C=O) groups excluding carboxylic acids is 3. The Balaban J connectivity index is 1.22. The number of pyridine rings is 1. The third kappa shape index (κ3) is 5.09. The number of hydrogen-bond acceptors (Lipinski definition) is 8. The number of benzene rings is 2. The molecule has 224 valence electrons. The second kappa shape index (κ2) is 11.5. The van der Waals surface area contributed by atoms with Gasteiger partial charge in [-0.2, -0.15) is 0 Å². The summed E-state index contributed by atoms with van der Waals surface area (Å²) >= 11 is 0. The molecule has 2 amide bonds. The molecular weight excluding hydrogens is 548 g/mol. The maximum absolute atomic E-state index is 13.9. The zero-order chi connectivity index (χ0) is 30.2. The van der Waals surface area contributed by atoms with E-state index in [-0.39, 0.29) is 24.9 Å². The van der Waals surface area contributed by atoms with Gasteiger partial charge >= 0.3 is 0 Å². The summed E-state index contributed by atoms with van der Waals surface area (Å²) in [7, 11) is 3.12. The van der Waals surface area contributed by atoms with Gasteiger partial charge in [0, 0.05) is 50.3 Å². The van der Waals surface area contributed by atoms with E-state index in [0.29, 0.717) is 31.9 Å². The quantitative estimate of drug-likeness (QED) is 0.260. The summed E-state index contributed by atoms with van der Waals surface area (Å²) in [6.07, 6.45) is 3.07. The molecule has 3 aromatic rings. The standard InChI is InChI=1S/C33H36N4O6/c1-32(19-43-20-32)31(40)37(17-22-7-4-5-8-26(22)29(41-2)42-3)25(18-38)16-35-24-11-10-21-14-33(15-23(21)13-24)27-9-6-12-34-28(27)36-30(33)39/h4-13,18,25,29,35H,14-17,19-20H2,1-3H3,(H,34,36,39). The average molecular weight is 585 g/mol. The highest BCUT2D eigenvalue weighted by atomic mass is 16.7. The number of nitrogens with one attached hydrogen (secondary N) is 2. The topological polar surface area (TPSA) is 119 Å². The molecule has 1 aliphatic carbocycles. The Labute approximate surface area is 250 Å². The van der Waals surface area contributed by atoms with Crippen molar-refractivity contribution < 1.29 is 28.6 Å². The van der Waals surface area contributed by atoms with Crippen molar-refractivity contribution in [2.75, 3.05) is 44.6 Å². The maximum atomic E-state index is 13.9. The average Bonchev–Trinajstić information content (AvgIpc) is 3.53. The Morgan fingerprint density at radius 2 is 1.88 bits per heavy atom. The predicted molar refractivity (Wildman–Crippen MR) is 159 cm³/mol. The fourth-order valence-corrected chi connectivity index (χ4v) is 6.49. The van der Waals surface area contributed by atoms with E-state index in [1.165, 1.54) is 0 Å². The number of ether oxygens (including phenoxy) is 3. The second-order valence-corrected chi connectivity index (χ2v) is 11.8. The lowest BCUT2D eigenvalue weighted by molar-refractivity contribution is -0.172. The van der Waals surface area contributed by atoms with Crippen molar-refractivity contribution in [2.24, 2.45) is 5.41 Å². The summed E-state index contributed by atoms with van der Waals surface area (Å²) in [6, 6.07) is 16.7. The molecule has 2 aromatic carbocycles. The number of methoxy groups -OCH3 is 2. The van der Waals surface area contributed by atoms with Gasteiger partial charge in [-0.15, -0.1) is 0 Å². The van der Waals surface area contributed by atoms with Crippen LogP contribution in [-0.2, 0) is 53.4 Å². The first-order valence-corrected chi connectivity index (χ1v) is 14.4. The largest absolute Gasteiger partial charge is 0.383 e. The molecular formula is C33H36N4O6. The minimum absolute atomic E-state index is 0.0278. The van der Waals surface area contributed by atoms with E-state index in [0.717, 1.165) is 39.8 Å². The van der Waals surface area contributed by atoms with Gasteiger partial charge in [-0.25, -0.2) is 4.98 Å². The first kappa shape index (κ1) is 29.0. The van der Waals surface area contributed by atoms with Gasteiger partial charge in [-0.05, 0) is 54.7 Å². The van der Waals surface area contributed by atoms with Crippen molar-refractivity contribution in [1.29, 1.82) is 0 Å². The Morgan fingerprint density at radius 3 is 2.60 bits per heavy atom. The molecule has 0 radical (unpaired) electrons. The number of carbonyl (C=O) groups is 3. The number of anilines is 2. The highest BCUT2D eigenvalue weighted by molar-refractivity contribution is 6.06. The van der Waals surface area contributed by atoms with Crippen LogP contribution >= 0.6 is 0 Å². The van der Waals surface area contributed by atoms with E-state index in [9.17, 15) is 14.4 Å². The summed E-state index contributed by atoms with van der Waals surface area (Å²) < 4.78 is 16.4. The van der Waals surface area contributed by atoms with E-state index in [1.54, 1.807) is 25.3 Å². The SMILES string of the molecule is COC(OC)c1ccccc1CN(C(=O)C1(C)COC1)C(C=O)CNc1ccc2c(c1)CC1(C2)C(=O)Nc2ncccc21. The number of rotatable bonds is 11. The molecule has 2 unspecified atom stereocenters. The van der Waals surface area contributed by atoms with Gasteiger partial charge in [0.05, 0.1) is 24.0 Å². The first-order valence-electron chi connectivity index (χ1n) is 14.4. The second-order valence-electron chi connectivity index (χ2n) is 11.8. The lowest BCUT2D eigenvalue weighted by Gasteiger charge is -2.42. The third-order valence-corrected chi connectivity index (χ3v) is 8.95. The first-order chi connectivity index (χ1) is 20.8. The zero-order valence-electron chi connectivity index (χ0n) is 24.6. The molecule has 2 atom stereocenters. The molecule has 1 spiro atoms. The monoisotopic (exact) mass is 584 g/mol. The predicted octanol–water partition coefficient (Wildman–Crippen LogP) is 3.41. The minimum Gasteiger partial charge on any atom is -0.383 e. The van der Waals surface area contributed by atoms with E-state index in [2.05, 4.69) is 15.6 Å². The van der Waals surface area contributed by atoms with E-state index in [1.807, 2.05) is 61.5 Å². The van der Waals surface area contributed by atoms with Crippen LogP contribution in [0.4, 0.5) is 11.5 Å². The number of aldehydes is 1. The van der Waals surface area contributed by atoms with Crippen LogP contribution in [0, 0.1) is 5.41 Å². The fraction of sp³-hybridized carbons (Fsp3) is 0.394. The van der Waals surface area contributed by atoms with Crippen LogP contribution in [0.1, 0.15) is 41.0 Å². The van der Waals surface area contributed by atoms with Crippen molar-refractivity contribution in [2.45, 2.75) is 44.1 Å². The van der Waals surface area contributed by atoms with Crippen LogP contribution in [0.2, 0.25) is 0 Å². The molecule has 43 heavy (non-hydrogen) atoms. The van der Waals surface area contributed by atoms with Crippen LogP contribution in [0.15, 0.2) is 60.8 Å². The molecule has 10 heteroatoms. The van der Waals surface area contributed by atoms with Gasteiger partial charge in [-0.3, -0.25) is 9.59 Å². The smallest absolute Gasteiger partial charge is 0.237 e. The van der Waals surface area contributed by atoms with Gasteiger partial charge in [-0.1, -0.05) is 36.4 Å². The molecule has 1 saturated heterocycles. The number of hydrogen-bond donors (Lipinski definition) is 2. The van der Waals surface area contributed by atoms with Crippen LogP contribution in [0.25, 0.3) is 0 Å². The third-order valence-electron chi connectivity index (χ3n) is 8.95. The highest BCUT2D eigenvalue weighted by Gasteiger charge is 2.51. The molecule has 3 heterocycles. The van der Waals surface area contributed by atoms with E-state index < -0.39 is 23.2 Å². The molecule has 1 fully saturated rings. The molecule has 6 rings (SSSR count). The number of fused-ring (bicyclic) bond motifs is 3. The van der Waals surface area contributed by atoms with E-state index >= 15 is 0 Å². The fourth-order valence-electron chi connectivity index (χ4n) is 6.49. The molecule has 0 bridgehead atoms. The molecule has 1 aromatic heterocycles. The summed E-state index contributed by atoms with van der Waals surface area (Å²) in [5.74, 6) is 0.459. The number of nitrogens with zero attached hydrogens (tertiary/aromatic N) is 2. The lowest BCUT2D eigenvalue weighted by atomic mass is 9.79. The Bertz CT molecular complexity index is 1550. The summed E-state index contributed by atoms with van der Waals surface area (Å²) in [6.45, 7) is 2.89. The summed E-state index contributed by atoms with van der Waals surface area (Å²) in [4.78, 5) is 45.5. The Kier molecular flexibility index (Phi) is 7.76. The minimum atomic E-state index is -0.750. The van der Waals surface area contributed by atoms with Crippen molar-refractivity contribution in [1.82, 2.24) is 9.88 Å². The Hall–Kier alpha value is -4.12. The lowest BCUT2D eigenvalue weighted by Crippen LogP contribution is -2.57. The van der Waals surface area contributed by atoms with Crippen molar-refractivity contribution >= 4 is 29.6 Å². The molecule has 0 saturated carbocycles.